The molecule has 0 amide bonds. The predicted octanol–water partition coefficient (Wildman–Crippen LogP) is 3.53. The summed E-state index contributed by atoms with van der Waals surface area (Å²) < 4.78 is 29.7. The number of benzene rings is 1. The second-order valence-electron chi connectivity index (χ2n) is 6.09. The molecular weight excluding hydrogens is 402 g/mol. The average Bonchev–Trinajstić information content (AvgIpc) is 3.09. The number of halogens is 3. The molecule has 0 bridgehead atoms. The molecule has 4 N–H and O–H groups in total. The summed E-state index contributed by atoms with van der Waals surface area (Å²) in [6.45, 7) is 4.95. The van der Waals surface area contributed by atoms with Crippen molar-refractivity contribution in [3.63, 3.8) is 0 Å². The van der Waals surface area contributed by atoms with Crippen molar-refractivity contribution in [1.29, 1.82) is 0 Å². The number of hydrogen-bond acceptors (Lipinski definition) is 5. The molecule has 0 aliphatic heterocycles. The number of nitrogens with two attached hydrogens (primary N) is 1. The Bertz CT molecular complexity index is 1130. The average molecular weight is 419 g/mol. The minimum Gasteiger partial charge on any atom is -0.392 e. The molecular formula is C19H17ClF2N6O. The third-order valence-corrected chi connectivity index (χ3v) is 4.06. The van der Waals surface area contributed by atoms with Gasteiger partial charge in [0.15, 0.2) is 5.82 Å². The lowest BCUT2D eigenvalue weighted by Crippen LogP contribution is -2.09. The van der Waals surface area contributed by atoms with Crippen LogP contribution in [-0.4, -0.2) is 32.3 Å². The fraction of sp³-hybridized carbons (Fsp3) is 0.105. The van der Waals surface area contributed by atoms with Crippen LogP contribution in [-0.2, 0) is 0 Å². The zero-order chi connectivity index (χ0) is 21.1. The molecule has 10 heteroatoms. The van der Waals surface area contributed by atoms with E-state index in [2.05, 4.69) is 27.0 Å². The van der Waals surface area contributed by atoms with Crippen LogP contribution in [0.5, 0.6) is 0 Å². The molecule has 0 radical (unpaired) electrons. The number of pyridine rings is 1. The van der Waals surface area contributed by atoms with E-state index in [0.717, 1.165) is 10.9 Å². The maximum Gasteiger partial charge on any atom is 0.169 e. The number of para-hydroxylation sites is 1. The zero-order valence-electron chi connectivity index (χ0n) is 15.3. The number of anilines is 1. The van der Waals surface area contributed by atoms with Gasteiger partial charge in [0.05, 0.1) is 29.0 Å². The summed E-state index contributed by atoms with van der Waals surface area (Å²) in [7, 11) is 0. The number of rotatable bonds is 6. The Morgan fingerprint density at radius 2 is 2.17 bits per heavy atom. The van der Waals surface area contributed by atoms with Crippen LogP contribution in [0.1, 0.15) is 6.92 Å². The predicted molar refractivity (Wildman–Crippen MR) is 109 cm³/mol. The summed E-state index contributed by atoms with van der Waals surface area (Å²) in [5.41, 5.74) is 5.94. The van der Waals surface area contributed by atoms with E-state index in [9.17, 15) is 13.9 Å². The van der Waals surface area contributed by atoms with E-state index >= 15 is 0 Å². The van der Waals surface area contributed by atoms with E-state index in [1.54, 1.807) is 6.92 Å². The van der Waals surface area contributed by atoms with Crippen molar-refractivity contribution < 1.29 is 13.9 Å². The summed E-state index contributed by atoms with van der Waals surface area (Å²) in [5, 5.41) is 16.6. The number of aliphatic imine (C=N–C) groups is 1. The Balaban J connectivity index is 2.14. The Morgan fingerprint density at radius 1 is 1.41 bits per heavy atom. The molecule has 0 fully saturated rings. The lowest BCUT2D eigenvalue weighted by molar-refractivity contribution is 0.335. The SMILES string of the molecule is C=C(/C=C(\N=C(C)N)Nc1ncc(F)c2nn(-c3c(F)cccc3Cl)cc12)CO. The molecule has 29 heavy (non-hydrogen) atoms. The highest BCUT2D eigenvalue weighted by molar-refractivity contribution is 6.32. The number of aromatic nitrogens is 3. The summed E-state index contributed by atoms with van der Waals surface area (Å²) in [5.74, 6) is -0.651. The van der Waals surface area contributed by atoms with Gasteiger partial charge in [-0.1, -0.05) is 24.2 Å². The highest BCUT2D eigenvalue weighted by atomic mass is 35.5. The highest BCUT2D eigenvalue weighted by Gasteiger charge is 2.17. The van der Waals surface area contributed by atoms with E-state index in [1.165, 1.54) is 30.5 Å². The van der Waals surface area contributed by atoms with Gasteiger partial charge in [0.25, 0.3) is 0 Å². The van der Waals surface area contributed by atoms with Gasteiger partial charge in [-0.05, 0) is 30.7 Å². The maximum absolute atomic E-state index is 14.3. The number of fused-ring (bicyclic) bond motifs is 1. The smallest absolute Gasteiger partial charge is 0.169 e. The zero-order valence-corrected chi connectivity index (χ0v) is 16.1. The van der Waals surface area contributed by atoms with Crippen LogP contribution in [0.2, 0.25) is 5.02 Å². The van der Waals surface area contributed by atoms with E-state index in [1.807, 2.05) is 0 Å². The third kappa shape index (κ3) is 4.41. The second-order valence-corrected chi connectivity index (χ2v) is 6.49. The lowest BCUT2D eigenvalue weighted by Gasteiger charge is -2.08. The van der Waals surface area contributed by atoms with E-state index < -0.39 is 11.6 Å². The van der Waals surface area contributed by atoms with Gasteiger partial charge in [0.2, 0.25) is 0 Å². The third-order valence-electron chi connectivity index (χ3n) is 3.76. The van der Waals surface area contributed by atoms with Crippen molar-refractivity contribution in [1.82, 2.24) is 14.8 Å². The van der Waals surface area contributed by atoms with Crippen LogP contribution >= 0.6 is 11.6 Å². The molecule has 2 heterocycles. The summed E-state index contributed by atoms with van der Waals surface area (Å²) in [6.07, 6.45) is 3.84. The molecule has 0 aliphatic rings. The number of nitrogens with zero attached hydrogens (tertiary/aromatic N) is 4. The first-order valence-electron chi connectivity index (χ1n) is 8.36. The molecule has 0 atom stereocenters. The van der Waals surface area contributed by atoms with Gasteiger partial charge in [-0.15, -0.1) is 0 Å². The Hall–Kier alpha value is -3.30. The van der Waals surface area contributed by atoms with Crippen molar-refractivity contribution in [2.75, 3.05) is 11.9 Å². The van der Waals surface area contributed by atoms with Crippen LogP contribution in [0.3, 0.4) is 0 Å². The van der Waals surface area contributed by atoms with Crippen LogP contribution in [0, 0.1) is 11.6 Å². The second kappa shape index (κ2) is 8.38. The van der Waals surface area contributed by atoms with Crippen molar-refractivity contribution in [3.8, 4) is 5.69 Å². The topological polar surface area (TPSA) is 101 Å². The van der Waals surface area contributed by atoms with Crippen molar-refractivity contribution in [2.45, 2.75) is 6.92 Å². The van der Waals surface area contributed by atoms with Crippen LogP contribution < -0.4 is 11.1 Å². The van der Waals surface area contributed by atoms with Crippen LogP contribution in [0.15, 0.2) is 59.6 Å². The van der Waals surface area contributed by atoms with Crippen molar-refractivity contribution in [2.24, 2.45) is 10.7 Å². The fourth-order valence-electron chi connectivity index (χ4n) is 2.54. The molecule has 0 spiro atoms. The fourth-order valence-corrected chi connectivity index (χ4v) is 2.79. The normalized spacial score (nSPS) is 12.4. The van der Waals surface area contributed by atoms with E-state index in [0.29, 0.717) is 5.57 Å². The van der Waals surface area contributed by atoms with Gasteiger partial charge in [0, 0.05) is 6.20 Å². The highest BCUT2D eigenvalue weighted by Crippen LogP contribution is 2.29. The minimum atomic E-state index is -0.694. The van der Waals surface area contributed by atoms with Gasteiger partial charge >= 0.3 is 0 Å². The monoisotopic (exact) mass is 418 g/mol. The number of aliphatic hydroxyl groups excluding tert-OH is 1. The van der Waals surface area contributed by atoms with Crippen molar-refractivity contribution >= 4 is 34.2 Å². The lowest BCUT2D eigenvalue weighted by atomic mass is 10.2. The van der Waals surface area contributed by atoms with E-state index in [4.69, 9.17) is 17.3 Å². The summed E-state index contributed by atoms with van der Waals surface area (Å²) in [4.78, 5) is 8.14. The first-order valence-corrected chi connectivity index (χ1v) is 8.74. The first-order chi connectivity index (χ1) is 13.8. The number of nitrogens with one attached hydrogen (secondary N) is 1. The van der Waals surface area contributed by atoms with E-state index in [-0.39, 0.29) is 45.7 Å². The van der Waals surface area contributed by atoms with Crippen LogP contribution in [0.25, 0.3) is 16.6 Å². The molecule has 0 saturated heterocycles. The van der Waals surface area contributed by atoms with Gasteiger partial charge in [-0.2, -0.15) is 5.10 Å². The van der Waals surface area contributed by atoms with Crippen LogP contribution in [0.4, 0.5) is 14.6 Å². The Kier molecular flexibility index (Phi) is 5.90. The molecule has 1 aromatic carbocycles. The van der Waals surface area contributed by atoms with Gasteiger partial charge in [0.1, 0.15) is 28.7 Å². The first kappa shape index (κ1) is 20.4. The Labute approximate surface area is 169 Å². The molecule has 3 rings (SSSR count). The Morgan fingerprint density at radius 3 is 2.83 bits per heavy atom. The summed E-state index contributed by atoms with van der Waals surface area (Å²) in [6, 6.07) is 4.18. The largest absolute Gasteiger partial charge is 0.392 e. The molecule has 7 nitrogen and oxygen atoms in total. The van der Waals surface area contributed by atoms with Gasteiger partial charge in [-0.25, -0.2) is 23.4 Å². The molecule has 150 valence electrons. The minimum absolute atomic E-state index is 0.0176. The maximum atomic E-state index is 14.3. The molecule has 0 saturated carbocycles. The number of aliphatic hydroxyl groups is 1. The van der Waals surface area contributed by atoms with Gasteiger partial charge < -0.3 is 16.2 Å². The number of hydrogen-bond donors (Lipinski definition) is 3. The molecule has 0 unspecified atom stereocenters. The quantitative estimate of drug-likeness (QED) is 0.323. The van der Waals surface area contributed by atoms with Gasteiger partial charge in [-0.3, -0.25) is 0 Å². The summed E-state index contributed by atoms with van der Waals surface area (Å²) >= 11 is 6.09. The molecule has 3 aromatic rings. The van der Waals surface area contributed by atoms with Crippen molar-refractivity contribution in [3.05, 3.63) is 71.3 Å². The molecule has 2 aromatic heterocycles. The number of amidine groups is 1. The molecule has 0 aliphatic carbocycles. The standard InChI is InChI=1S/C19H17ClF2N6O/c1-10(9-29)6-16(25-11(2)23)26-19-12-8-28(27-17(12)15(22)7-24-19)18-13(20)4-3-5-14(18)21/h3-8,29H,1,9H2,2H3,(H2,23,25)(H,24,26)/b16-6+.